The Morgan fingerprint density at radius 2 is 2.04 bits per heavy atom. The fourth-order valence-corrected chi connectivity index (χ4v) is 2.73. The Kier molecular flexibility index (Phi) is 11.4. The number of pyridine rings is 1. The largest absolute Gasteiger partial charge is 0.378 e. The van der Waals surface area contributed by atoms with Crippen LogP contribution in [-0.4, -0.2) is 42.9 Å². The Hall–Kier alpha value is -1.82. The Morgan fingerprint density at radius 1 is 1.23 bits per heavy atom. The Labute approximate surface area is 158 Å². The smallest absolute Gasteiger partial charge is 0.250 e. The van der Waals surface area contributed by atoms with Crippen LogP contribution in [-0.2, 0) is 11.3 Å². The molecule has 0 aliphatic rings. The lowest BCUT2D eigenvalue weighted by Gasteiger charge is -2.21. The Balaban J connectivity index is 2.33. The van der Waals surface area contributed by atoms with Crippen LogP contribution in [0.5, 0.6) is 0 Å². The number of unbranched alkanes of at least 4 members (excludes halogenated alkanes) is 1. The van der Waals surface area contributed by atoms with Crippen molar-refractivity contribution >= 4 is 5.96 Å². The molecular weight excluding hydrogens is 328 g/mol. The van der Waals surface area contributed by atoms with Gasteiger partial charge in [0.05, 0.1) is 6.10 Å². The van der Waals surface area contributed by atoms with E-state index in [2.05, 4.69) is 36.4 Å². The zero-order valence-corrected chi connectivity index (χ0v) is 16.8. The Bertz CT molecular complexity index is 569. The molecule has 1 heterocycles. The molecule has 1 unspecified atom stereocenters. The van der Waals surface area contributed by atoms with Crippen LogP contribution in [0.1, 0.15) is 47.0 Å². The number of hydrogen-bond acceptors (Lipinski definition) is 3. The van der Waals surface area contributed by atoms with Crippen LogP contribution in [0.4, 0.5) is 0 Å². The molecule has 1 aromatic rings. The van der Waals surface area contributed by atoms with Gasteiger partial charge in [-0.1, -0.05) is 19.9 Å². The van der Waals surface area contributed by atoms with E-state index in [4.69, 9.17) is 4.74 Å². The molecule has 1 aromatic heterocycles. The first-order valence-electron chi connectivity index (χ1n) is 9.87. The number of ether oxygens (including phenoxy) is 1. The van der Waals surface area contributed by atoms with E-state index >= 15 is 0 Å². The van der Waals surface area contributed by atoms with Crippen molar-refractivity contribution in [3.05, 3.63) is 34.7 Å². The molecule has 0 radical (unpaired) electrons. The van der Waals surface area contributed by atoms with Gasteiger partial charge in [-0.15, -0.1) is 0 Å². The van der Waals surface area contributed by atoms with Gasteiger partial charge in [0.1, 0.15) is 0 Å². The van der Waals surface area contributed by atoms with E-state index in [1.165, 1.54) is 0 Å². The van der Waals surface area contributed by atoms with Crippen molar-refractivity contribution in [2.45, 2.75) is 59.6 Å². The highest BCUT2D eigenvalue weighted by atomic mass is 16.5. The molecule has 0 spiro atoms. The summed E-state index contributed by atoms with van der Waals surface area (Å²) in [5.41, 5.74) is 0.0556. The summed E-state index contributed by atoms with van der Waals surface area (Å²) in [5.74, 6) is 1.36. The van der Waals surface area contributed by atoms with Crippen LogP contribution < -0.4 is 16.2 Å². The third-order valence-corrected chi connectivity index (χ3v) is 4.17. The molecule has 1 atom stereocenters. The van der Waals surface area contributed by atoms with E-state index in [9.17, 15) is 4.79 Å². The minimum absolute atomic E-state index is 0.0556. The molecule has 0 aromatic carbocycles. The number of rotatable bonds is 12. The molecule has 1 rings (SSSR count). The van der Waals surface area contributed by atoms with Crippen molar-refractivity contribution in [3.63, 3.8) is 0 Å². The predicted molar refractivity (Wildman–Crippen MR) is 109 cm³/mol. The maximum Gasteiger partial charge on any atom is 0.250 e. The second-order valence-electron chi connectivity index (χ2n) is 6.65. The van der Waals surface area contributed by atoms with Crippen molar-refractivity contribution in [2.75, 3.05) is 26.2 Å². The van der Waals surface area contributed by atoms with E-state index in [0.717, 1.165) is 58.0 Å². The maximum atomic E-state index is 11.6. The molecular formula is C20H36N4O2. The summed E-state index contributed by atoms with van der Waals surface area (Å²) in [6, 6.07) is 5.25. The van der Waals surface area contributed by atoms with E-state index < -0.39 is 0 Å². The van der Waals surface area contributed by atoms with Gasteiger partial charge in [-0.05, 0) is 45.1 Å². The summed E-state index contributed by atoms with van der Waals surface area (Å²) in [7, 11) is 0. The maximum absolute atomic E-state index is 11.6. The van der Waals surface area contributed by atoms with E-state index in [0.29, 0.717) is 5.92 Å². The number of aromatic nitrogens is 1. The minimum Gasteiger partial charge on any atom is -0.378 e. The number of nitrogens with one attached hydrogen (secondary N) is 2. The molecule has 148 valence electrons. The summed E-state index contributed by atoms with van der Waals surface area (Å²) < 4.78 is 7.52. The van der Waals surface area contributed by atoms with Crippen LogP contribution in [0.2, 0.25) is 0 Å². The topological polar surface area (TPSA) is 67.7 Å². The number of hydrogen-bond donors (Lipinski definition) is 2. The summed E-state index contributed by atoms with van der Waals surface area (Å²) in [5, 5.41) is 6.66. The van der Waals surface area contributed by atoms with Gasteiger partial charge in [0.25, 0.3) is 0 Å². The van der Waals surface area contributed by atoms with E-state index in [1.807, 2.05) is 19.2 Å². The van der Waals surface area contributed by atoms with Gasteiger partial charge >= 0.3 is 0 Å². The van der Waals surface area contributed by atoms with Crippen molar-refractivity contribution in [3.8, 4) is 0 Å². The first-order valence-corrected chi connectivity index (χ1v) is 9.87. The van der Waals surface area contributed by atoms with Crippen molar-refractivity contribution < 1.29 is 4.74 Å². The Morgan fingerprint density at radius 3 is 2.69 bits per heavy atom. The zero-order valence-electron chi connectivity index (χ0n) is 16.8. The van der Waals surface area contributed by atoms with Crippen LogP contribution in [0.25, 0.3) is 0 Å². The number of aryl methyl sites for hydroxylation is 1. The van der Waals surface area contributed by atoms with Gasteiger partial charge in [-0.3, -0.25) is 9.79 Å². The second-order valence-corrected chi connectivity index (χ2v) is 6.65. The first kappa shape index (κ1) is 22.2. The average Bonchev–Trinajstić information content (AvgIpc) is 2.62. The zero-order chi connectivity index (χ0) is 19.2. The molecule has 0 saturated heterocycles. The van der Waals surface area contributed by atoms with Crippen molar-refractivity contribution in [2.24, 2.45) is 10.9 Å². The number of nitrogens with zero attached hydrogens (tertiary/aromatic N) is 2. The molecule has 6 nitrogen and oxygen atoms in total. The molecule has 0 fully saturated rings. The minimum atomic E-state index is 0.0556. The first-order chi connectivity index (χ1) is 12.6. The molecule has 0 saturated carbocycles. The second kappa shape index (κ2) is 13.4. The van der Waals surface area contributed by atoms with Crippen LogP contribution >= 0.6 is 0 Å². The average molecular weight is 365 g/mol. The third kappa shape index (κ3) is 9.04. The monoisotopic (exact) mass is 364 g/mol. The normalized spacial score (nSPS) is 13.0. The van der Waals surface area contributed by atoms with Crippen LogP contribution in [0, 0.1) is 5.92 Å². The summed E-state index contributed by atoms with van der Waals surface area (Å²) in [6.07, 6.45) is 4.96. The standard InChI is InChI=1S/C20H36N4O2/c1-5-21-20(23-14-12-18(17(3)4)26-6-2)22-13-8-10-16-24-15-9-7-11-19(24)25/h7,9,11,15,17-18H,5-6,8,10,12-14,16H2,1-4H3,(H2,21,22,23). The lowest BCUT2D eigenvalue weighted by Crippen LogP contribution is -2.39. The van der Waals surface area contributed by atoms with Gasteiger partial charge in [0.15, 0.2) is 5.96 Å². The molecule has 0 aliphatic heterocycles. The lowest BCUT2D eigenvalue weighted by atomic mass is 10.0. The number of aliphatic imine (C=N–C) groups is 1. The molecule has 0 amide bonds. The summed E-state index contributed by atoms with van der Waals surface area (Å²) >= 11 is 0. The summed E-state index contributed by atoms with van der Waals surface area (Å²) in [6.45, 7) is 12.4. The lowest BCUT2D eigenvalue weighted by molar-refractivity contribution is 0.0258. The van der Waals surface area contributed by atoms with Gasteiger partial charge in [-0.25, -0.2) is 0 Å². The van der Waals surface area contributed by atoms with Crippen molar-refractivity contribution in [1.29, 1.82) is 0 Å². The van der Waals surface area contributed by atoms with Crippen LogP contribution in [0.15, 0.2) is 34.2 Å². The third-order valence-electron chi connectivity index (χ3n) is 4.17. The fraction of sp³-hybridized carbons (Fsp3) is 0.700. The highest BCUT2D eigenvalue weighted by Crippen LogP contribution is 2.09. The van der Waals surface area contributed by atoms with Gasteiger partial charge < -0.3 is 19.9 Å². The van der Waals surface area contributed by atoms with Crippen LogP contribution in [0.3, 0.4) is 0 Å². The van der Waals surface area contributed by atoms with Gasteiger partial charge in [-0.2, -0.15) is 0 Å². The van der Waals surface area contributed by atoms with Crippen molar-refractivity contribution in [1.82, 2.24) is 15.2 Å². The summed E-state index contributed by atoms with van der Waals surface area (Å²) in [4.78, 5) is 16.3. The number of guanidine groups is 1. The SMILES string of the molecule is CCNC(=NCCCCn1ccccc1=O)NCCC(OCC)C(C)C. The van der Waals surface area contributed by atoms with Gasteiger partial charge in [0, 0.05) is 45.0 Å². The molecule has 2 N–H and O–H groups in total. The molecule has 0 aliphatic carbocycles. The van der Waals surface area contributed by atoms with E-state index in [-0.39, 0.29) is 11.7 Å². The molecule has 0 bridgehead atoms. The molecule has 6 heteroatoms. The predicted octanol–water partition coefficient (Wildman–Crippen LogP) is 2.63. The fourth-order valence-electron chi connectivity index (χ4n) is 2.73. The van der Waals surface area contributed by atoms with E-state index in [1.54, 1.807) is 16.7 Å². The highest BCUT2D eigenvalue weighted by Gasteiger charge is 2.12. The highest BCUT2D eigenvalue weighted by molar-refractivity contribution is 5.79. The molecule has 26 heavy (non-hydrogen) atoms. The van der Waals surface area contributed by atoms with Gasteiger partial charge in [0.2, 0.25) is 5.56 Å². The quantitative estimate of drug-likeness (QED) is 0.340.